The topological polar surface area (TPSA) is 43.8 Å². The third kappa shape index (κ3) is 4.04. The zero-order valence-electron chi connectivity index (χ0n) is 11.3. The van der Waals surface area contributed by atoms with Gasteiger partial charge in [-0.3, -0.25) is 4.79 Å². The Hall–Kier alpha value is -1.39. The van der Waals surface area contributed by atoms with Crippen molar-refractivity contribution in [3.05, 3.63) is 35.9 Å². The number of amides is 1. The summed E-state index contributed by atoms with van der Waals surface area (Å²) in [7, 11) is 0. The molecule has 1 heterocycles. The SMILES string of the molecule is O=C(c1ccccc1)N1CCCN(CCCO)CC1. The lowest BCUT2D eigenvalue weighted by Crippen LogP contribution is -2.35. The number of aliphatic hydroxyl groups is 1. The van der Waals surface area contributed by atoms with Crippen molar-refractivity contribution in [3.8, 4) is 0 Å². The van der Waals surface area contributed by atoms with Crippen LogP contribution < -0.4 is 0 Å². The number of aliphatic hydroxyl groups excluding tert-OH is 1. The van der Waals surface area contributed by atoms with Crippen molar-refractivity contribution in [1.82, 2.24) is 9.80 Å². The molecule has 0 saturated carbocycles. The number of benzene rings is 1. The lowest BCUT2D eigenvalue weighted by molar-refractivity contribution is 0.0761. The third-order valence-corrected chi connectivity index (χ3v) is 3.53. The van der Waals surface area contributed by atoms with E-state index in [2.05, 4.69) is 4.90 Å². The molecular weight excluding hydrogens is 240 g/mol. The van der Waals surface area contributed by atoms with E-state index in [4.69, 9.17) is 5.11 Å². The van der Waals surface area contributed by atoms with Crippen LogP contribution in [0.3, 0.4) is 0 Å². The third-order valence-electron chi connectivity index (χ3n) is 3.53. The highest BCUT2D eigenvalue weighted by molar-refractivity contribution is 5.94. The van der Waals surface area contributed by atoms with Gasteiger partial charge < -0.3 is 14.9 Å². The Labute approximate surface area is 114 Å². The first-order chi connectivity index (χ1) is 9.31. The molecule has 1 aromatic rings. The second-order valence-electron chi connectivity index (χ2n) is 4.93. The van der Waals surface area contributed by atoms with Gasteiger partial charge in [0.25, 0.3) is 5.91 Å². The normalized spacial score (nSPS) is 17.2. The summed E-state index contributed by atoms with van der Waals surface area (Å²) in [6.45, 7) is 4.67. The highest BCUT2D eigenvalue weighted by Crippen LogP contribution is 2.09. The number of hydrogen-bond donors (Lipinski definition) is 1. The van der Waals surface area contributed by atoms with Crippen LogP contribution in [0.15, 0.2) is 30.3 Å². The van der Waals surface area contributed by atoms with E-state index < -0.39 is 0 Å². The molecular formula is C15H22N2O2. The second-order valence-corrected chi connectivity index (χ2v) is 4.93. The predicted molar refractivity (Wildman–Crippen MR) is 75.1 cm³/mol. The summed E-state index contributed by atoms with van der Waals surface area (Å²) in [5.74, 6) is 0.129. The van der Waals surface area contributed by atoms with Gasteiger partial charge in [-0.2, -0.15) is 0 Å². The van der Waals surface area contributed by atoms with E-state index in [1.807, 2.05) is 35.2 Å². The highest BCUT2D eigenvalue weighted by atomic mass is 16.3. The van der Waals surface area contributed by atoms with Crippen LogP contribution in [0.25, 0.3) is 0 Å². The van der Waals surface area contributed by atoms with Crippen LogP contribution in [0, 0.1) is 0 Å². The van der Waals surface area contributed by atoms with Crippen LogP contribution in [-0.4, -0.2) is 60.1 Å². The van der Waals surface area contributed by atoms with Gasteiger partial charge in [0.15, 0.2) is 0 Å². The maximum absolute atomic E-state index is 12.3. The quantitative estimate of drug-likeness (QED) is 0.887. The van der Waals surface area contributed by atoms with Crippen molar-refractivity contribution in [1.29, 1.82) is 0 Å². The maximum Gasteiger partial charge on any atom is 0.253 e. The molecule has 0 spiro atoms. The Morgan fingerprint density at radius 3 is 2.63 bits per heavy atom. The van der Waals surface area contributed by atoms with Gasteiger partial charge in [-0.25, -0.2) is 0 Å². The van der Waals surface area contributed by atoms with Crippen LogP contribution in [0.2, 0.25) is 0 Å². The summed E-state index contributed by atoms with van der Waals surface area (Å²) in [4.78, 5) is 16.6. The van der Waals surface area contributed by atoms with Crippen molar-refractivity contribution < 1.29 is 9.90 Å². The molecule has 4 heteroatoms. The fraction of sp³-hybridized carbons (Fsp3) is 0.533. The standard InChI is InChI=1S/C15H22N2O2/c18-13-5-9-16-8-4-10-17(12-11-16)15(19)14-6-2-1-3-7-14/h1-3,6-7,18H,4-5,8-13H2. The van der Waals surface area contributed by atoms with Crippen molar-refractivity contribution in [2.24, 2.45) is 0 Å². The number of carbonyl (C=O) groups excluding carboxylic acids is 1. The van der Waals surface area contributed by atoms with Gasteiger partial charge in [0.05, 0.1) is 0 Å². The smallest absolute Gasteiger partial charge is 0.253 e. The largest absolute Gasteiger partial charge is 0.396 e. The van der Waals surface area contributed by atoms with Crippen molar-refractivity contribution in [3.63, 3.8) is 0 Å². The van der Waals surface area contributed by atoms with Crippen molar-refractivity contribution in [2.45, 2.75) is 12.8 Å². The van der Waals surface area contributed by atoms with E-state index in [0.717, 1.165) is 51.1 Å². The molecule has 104 valence electrons. The van der Waals surface area contributed by atoms with Gasteiger partial charge >= 0.3 is 0 Å². The van der Waals surface area contributed by atoms with E-state index in [1.165, 1.54) is 0 Å². The summed E-state index contributed by atoms with van der Waals surface area (Å²) >= 11 is 0. The number of rotatable bonds is 4. The number of hydrogen-bond acceptors (Lipinski definition) is 3. The first-order valence-electron chi connectivity index (χ1n) is 6.99. The van der Waals surface area contributed by atoms with E-state index in [1.54, 1.807) is 0 Å². The Kier molecular flexibility index (Phi) is 5.36. The minimum absolute atomic E-state index is 0.129. The molecule has 1 N–H and O–H groups in total. The minimum Gasteiger partial charge on any atom is -0.396 e. The van der Waals surface area contributed by atoms with Gasteiger partial charge in [0.1, 0.15) is 0 Å². The Morgan fingerprint density at radius 1 is 1.11 bits per heavy atom. The first-order valence-corrected chi connectivity index (χ1v) is 6.99. The summed E-state index contributed by atoms with van der Waals surface area (Å²) in [6, 6.07) is 9.47. The van der Waals surface area contributed by atoms with Crippen LogP contribution in [-0.2, 0) is 0 Å². The summed E-state index contributed by atoms with van der Waals surface area (Å²) in [5.41, 5.74) is 0.770. The monoisotopic (exact) mass is 262 g/mol. The molecule has 2 rings (SSSR count). The molecule has 0 bridgehead atoms. The van der Waals surface area contributed by atoms with Gasteiger partial charge in [0.2, 0.25) is 0 Å². The Morgan fingerprint density at radius 2 is 1.89 bits per heavy atom. The molecule has 0 aliphatic carbocycles. The van der Waals surface area contributed by atoms with Crippen LogP contribution in [0.5, 0.6) is 0 Å². The fourth-order valence-corrected chi connectivity index (χ4v) is 2.46. The van der Waals surface area contributed by atoms with Gasteiger partial charge in [-0.05, 0) is 31.5 Å². The summed E-state index contributed by atoms with van der Waals surface area (Å²) in [5, 5.41) is 8.86. The minimum atomic E-state index is 0.129. The predicted octanol–water partition coefficient (Wildman–Crippen LogP) is 1.22. The lowest BCUT2D eigenvalue weighted by atomic mass is 10.2. The molecule has 1 aliphatic rings. The van der Waals surface area contributed by atoms with E-state index in [0.29, 0.717) is 0 Å². The Bertz CT molecular complexity index is 394. The lowest BCUT2D eigenvalue weighted by Gasteiger charge is -2.21. The molecule has 1 aliphatic heterocycles. The summed E-state index contributed by atoms with van der Waals surface area (Å²) < 4.78 is 0. The molecule has 1 aromatic carbocycles. The molecule has 1 amide bonds. The molecule has 1 saturated heterocycles. The van der Waals surface area contributed by atoms with E-state index in [-0.39, 0.29) is 12.5 Å². The molecule has 19 heavy (non-hydrogen) atoms. The van der Waals surface area contributed by atoms with E-state index >= 15 is 0 Å². The van der Waals surface area contributed by atoms with Gasteiger partial charge in [0, 0.05) is 38.3 Å². The van der Waals surface area contributed by atoms with Crippen molar-refractivity contribution >= 4 is 5.91 Å². The van der Waals surface area contributed by atoms with Crippen LogP contribution in [0.4, 0.5) is 0 Å². The zero-order chi connectivity index (χ0) is 13.5. The molecule has 1 fully saturated rings. The molecule has 0 atom stereocenters. The highest BCUT2D eigenvalue weighted by Gasteiger charge is 2.19. The van der Waals surface area contributed by atoms with Crippen molar-refractivity contribution in [2.75, 3.05) is 39.3 Å². The first kappa shape index (κ1) is 14.0. The van der Waals surface area contributed by atoms with E-state index in [9.17, 15) is 4.79 Å². The van der Waals surface area contributed by atoms with Crippen LogP contribution >= 0.6 is 0 Å². The van der Waals surface area contributed by atoms with Gasteiger partial charge in [-0.15, -0.1) is 0 Å². The molecule has 0 aromatic heterocycles. The molecule has 4 nitrogen and oxygen atoms in total. The fourth-order valence-electron chi connectivity index (χ4n) is 2.46. The molecule has 0 radical (unpaired) electrons. The maximum atomic E-state index is 12.3. The average molecular weight is 262 g/mol. The Balaban J connectivity index is 1.90. The molecule has 0 unspecified atom stereocenters. The number of nitrogens with zero attached hydrogens (tertiary/aromatic N) is 2. The number of carbonyl (C=O) groups is 1. The zero-order valence-corrected chi connectivity index (χ0v) is 11.3. The average Bonchev–Trinajstić information content (AvgIpc) is 2.71. The second kappa shape index (κ2) is 7.26. The summed E-state index contributed by atoms with van der Waals surface area (Å²) in [6.07, 6.45) is 1.82. The van der Waals surface area contributed by atoms with Gasteiger partial charge in [-0.1, -0.05) is 18.2 Å². The van der Waals surface area contributed by atoms with Crippen LogP contribution in [0.1, 0.15) is 23.2 Å².